The Bertz CT molecular complexity index is 1430. The summed E-state index contributed by atoms with van der Waals surface area (Å²) < 4.78 is 39.5. The predicted molar refractivity (Wildman–Crippen MR) is 156 cm³/mol. The summed E-state index contributed by atoms with van der Waals surface area (Å²) in [4.78, 5) is 28.0. The normalized spacial score (nSPS) is 11.8. The van der Waals surface area contributed by atoms with Crippen molar-refractivity contribution < 1.29 is 27.5 Å². The number of hydrogen-bond acceptors (Lipinski definition) is 6. The summed E-state index contributed by atoms with van der Waals surface area (Å²) in [7, 11) is -1.41. The second-order valence-electron chi connectivity index (χ2n) is 8.65. The van der Waals surface area contributed by atoms with Gasteiger partial charge < -0.3 is 19.7 Å². The van der Waals surface area contributed by atoms with Gasteiger partial charge >= 0.3 is 0 Å². The van der Waals surface area contributed by atoms with Crippen LogP contribution in [0.3, 0.4) is 0 Å². The largest absolute Gasteiger partial charge is 0.497 e. The van der Waals surface area contributed by atoms with Crippen molar-refractivity contribution in [2.24, 2.45) is 0 Å². The Balaban J connectivity index is 2.10. The van der Waals surface area contributed by atoms with Crippen LogP contribution in [0.4, 0.5) is 5.69 Å². The van der Waals surface area contributed by atoms with Crippen molar-refractivity contribution in [3.8, 4) is 11.5 Å². The molecule has 1 unspecified atom stereocenters. The van der Waals surface area contributed by atoms with E-state index in [4.69, 9.17) is 32.7 Å². The third kappa shape index (κ3) is 6.99. The average Bonchev–Trinajstić information content (AvgIpc) is 2.95. The topological polar surface area (TPSA) is 105 Å². The molecule has 12 heteroatoms. The fourth-order valence-corrected chi connectivity index (χ4v) is 5.92. The molecule has 1 atom stereocenters. The van der Waals surface area contributed by atoms with Crippen LogP contribution in [0.5, 0.6) is 11.5 Å². The minimum absolute atomic E-state index is 0.0653. The Morgan fingerprint density at radius 3 is 2.12 bits per heavy atom. The number of anilines is 1. The summed E-state index contributed by atoms with van der Waals surface area (Å²) in [6, 6.07) is 16.2. The maximum absolute atomic E-state index is 14.0. The van der Waals surface area contributed by atoms with Gasteiger partial charge in [0, 0.05) is 28.7 Å². The number of nitrogens with zero attached hydrogens (tertiary/aromatic N) is 2. The van der Waals surface area contributed by atoms with Gasteiger partial charge in [0.25, 0.3) is 10.0 Å². The molecule has 0 radical (unpaired) electrons. The van der Waals surface area contributed by atoms with E-state index in [1.54, 1.807) is 50.2 Å². The van der Waals surface area contributed by atoms with Crippen LogP contribution in [0.1, 0.15) is 19.4 Å². The molecule has 0 aromatic heterocycles. The highest BCUT2D eigenvalue weighted by Crippen LogP contribution is 2.33. The van der Waals surface area contributed by atoms with Crippen molar-refractivity contribution in [3.63, 3.8) is 0 Å². The van der Waals surface area contributed by atoms with Gasteiger partial charge in [0.15, 0.2) is 0 Å². The van der Waals surface area contributed by atoms with Crippen LogP contribution in [0, 0.1) is 0 Å². The molecule has 40 heavy (non-hydrogen) atoms. The Morgan fingerprint density at radius 2 is 1.55 bits per heavy atom. The van der Waals surface area contributed by atoms with Crippen molar-refractivity contribution in [1.82, 2.24) is 10.2 Å². The Labute approximate surface area is 244 Å². The number of sulfonamides is 1. The zero-order valence-corrected chi connectivity index (χ0v) is 24.9. The molecule has 0 aliphatic heterocycles. The standard InChI is InChI=1S/C28H31Cl2N3O6S/c1-5-31-28(35)19(2)32(17-22-23(29)9-8-10-24(22)30)27(34)18-33(25-11-6-7-12-26(25)39-4)40(36,37)21-15-13-20(38-3)14-16-21/h6-16,19H,5,17-18H2,1-4H3,(H,31,35). The minimum Gasteiger partial charge on any atom is -0.497 e. The van der Waals surface area contributed by atoms with Gasteiger partial charge in [-0.25, -0.2) is 8.42 Å². The van der Waals surface area contributed by atoms with Crippen LogP contribution in [0.2, 0.25) is 10.0 Å². The zero-order chi connectivity index (χ0) is 29.4. The lowest BCUT2D eigenvalue weighted by Crippen LogP contribution is -2.51. The number of rotatable bonds is 12. The summed E-state index contributed by atoms with van der Waals surface area (Å²) in [6.45, 7) is 2.89. The van der Waals surface area contributed by atoms with Crippen molar-refractivity contribution in [2.75, 3.05) is 31.6 Å². The summed E-state index contributed by atoms with van der Waals surface area (Å²) in [6.07, 6.45) is 0. The molecule has 0 spiro atoms. The van der Waals surface area contributed by atoms with Crippen LogP contribution in [0.25, 0.3) is 0 Å². The smallest absolute Gasteiger partial charge is 0.264 e. The number of amides is 2. The molecule has 0 saturated carbocycles. The molecular weight excluding hydrogens is 577 g/mol. The molecule has 0 aliphatic carbocycles. The Morgan fingerprint density at radius 1 is 0.925 bits per heavy atom. The first-order valence-corrected chi connectivity index (χ1v) is 14.5. The van der Waals surface area contributed by atoms with Gasteiger partial charge in [-0.15, -0.1) is 0 Å². The number of ether oxygens (including phenoxy) is 2. The van der Waals surface area contributed by atoms with E-state index >= 15 is 0 Å². The molecule has 1 N–H and O–H groups in total. The number of nitrogens with one attached hydrogen (secondary N) is 1. The average molecular weight is 609 g/mol. The fourth-order valence-electron chi connectivity index (χ4n) is 3.98. The second-order valence-corrected chi connectivity index (χ2v) is 11.3. The van der Waals surface area contributed by atoms with Crippen molar-refractivity contribution in [2.45, 2.75) is 31.3 Å². The fraction of sp³-hybridized carbons (Fsp3) is 0.286. The molecule has 3 aromatic rings. The van der Waals surface area contributed by atoms with E-state index in [-0.39, 0.29) is 22.9 Å². The van der Waals surface area contributed by atoms with E-state index in [2.05, 4.69) is 5.32 Å². The van der Waals surface area contributed by atoms with Crippen LogP contribution >= 0.6 is 23.2 Å². The summed E-state index contributed by atoms with van der Waals surface area (Å²) in [5.41, 5.74) is 0.577. The lowest BCUT2D eigenvalue weighted by molar-refractivity contribution is -0.139. The maximum atomic E-state index is 14.0. The number of carbonyl (C=O) groups is 2. The van der Waals surface area contributed by atoms with E-state index in [1.165, 1.54) is 49.5 Å². The molecule has 0 saturated heterocycles. The molecule has 0 fully saturated rings. The van der Waals surface area contributed by atoms with Crippen LogP contribution in [-0.4, -0.2) is 58.5 Å². The van der Waals surface area contributed by atoms with Gasteiger partial charge in [0.2, 0.25) is 11.8 Å². The third-order valence-electron chi connectivity index (χ3n) is 6.19. The summed E-state index contributed by atoms with van der Waals surface area (Å²) in [5.74, 6) is -0.360. The first-order valence-electron chi connectivity index (χ1n) is 12.3. The molecule has 0 aliphatic rings. The highest BCUT2D eigenvalue weighted by Gasteiger charge is 2.34. The molecular formula is C28H31Cl2N3O6S. The van der Waals surface area contributed by atoms with Gasteiger partial charge in [0.1, 0.15) is 24.1 Å². The molecule has 2 amide bonds. The summed E-state index contributed by atoms with van der Waals surface area (Å²) in [5, 5.41) is 3.32. The number of hydrogen-bond donors (Lipinski definition) is 1. The highest BCUT2D eigenvalue weighted by atomic mass is 35.5. The zero-order valence-electron chi connectivity index (χ0n) is 22.6. The number of halogens is 2. The monoisotopic (exact) mass is 607 g/mol. The number of para-hydroxylation sites is 2. The van der Waals surface area contributed by atoms with E-state index in [1.807, 2.05) is 0 Å². The van der Waals surface area contributed by atoms with Crippen molar-refractivity contribution in [1.29, 1.82) is 0 Å². The van der Waals surface area contributed by atoms with Gasteiger partial charge in [-0.05, 0) is 62.4 Å². The van der Waals surface area contributed by atoms with E-state index in [0.717, 1.165) is 4.31 Å². The van der Waals surface area contributed by atoms with Crippen LogP contribution in [-0.2, 0) is 26.2 Å². The van der Waals surface area contributed by atoms with E-state index in [0.29, 0.717) is 27.9 Å². The minimum atomic E-state index is -4.29. The Hall–Kier alpha value is -3.47. The molecule has 3 rings (SSSR count). The number of carbonyl (C=O) groups excluding carboxylic acids is 2. The van der Waals surface area contributed by atoms with Gasteiger partial charge in [-0.3, -0.25) is 13.9 Å². The predicted octanol–water partition coefficient (Wildman–Crippen LogP) is 4.76. The first kappa shape index (κ1) is 31.1. The number of benzene rings is 3. The maximum Gasteiger partial charge on any atom is 0.264 e. The van der Waals surface area contributed by atoms with Gasteiger partial charge in [0.05, 0.1) is 24.8 Å². The first-order chi connectivity index (χ1) is 19.0. The lowest BCUT2D eigenvalue weighted by Gasteiger charge is -2.32. The molecule has 214 valence electrons. The number of likely N-dealkylation sites (N-methyl/N-ethyl adjacent to an activating group) is 1. The van der Waals surface area contributed by atoms with Crippen LogP contribution < -0.4 is 19.1 Å². The lowest BCUT2D eigenvalue weighted by atomic mass is 10.1. The molecule has 3 aromatic carbocycles. The van der Waals surface area contributed by atoms with E-state index < -0.39 is 34.4 Å². The van der Waals surface area contributed by atoms with Crippen molar-refractivity contribution in [3.05, 3.63) is 82.3 Å². The van der Waals surface area contributed by atoms with Crippen molar-refractivity contribution >= 4 is 50.7 Å². The van der Waals surface area contributed by atoms with Gasteiger partial charge in [-0.1, -0.05) is 41.4 Å². The SMILES string of the molecule is CCNC(=O)C(C)N(Cc1c(Cl)cccc1Cl)C(=O)CN(c1ccccc1OC)S(=O)(=O)c1ccc(OC)cc1. The van der Waals surface area contributed by atoms with E-state index in [9.17, 15) is 18.0 Å². The molecule has 0 heterocycles. The van der Waals surface area contributed by atoms with Crippen LogP contribution in [0.15, 0.2) is 71.6 Å². The summed E-state index contributed by atoms with van der Waals surface area (Å²) >= 11 is 12.8. The number of methoxy groups -OCH3 is 2. The van der Waals surface area contributed by atoms with Gasteiger partial charge in [-0.2, -0.15) is 0 Å². The molecule has 0 bridgehead atoms. The quantitative estimate of drug-likeness (QED) is 0.318. The highest BCUT2D eigenvalue weighted by molar-refractivity contribution is 7.92. The molecule has 9 nitrogen and oxygen atoms in total. The Kier molecular flexibility index (Phi) is 10.7. The third-order valence-corrected chi connectivity index (χ3v) is 8.67. The second kappa shape index (κ2) is 13.7.